The van der Waals surface area contributed by atoms with Gasteiger partial charge in [-0.1, -0.05) is 0 Å². The van der Waals surface area contributed by atoms with Crippen molar-refractivity contribution in [1.29, 1.82) is 0 Å². The zero-order valence-electron chi connectivity index (χ0n) is 12.7. The molecule has 0 aromatic carbocycles. The summed E-state index contributed by atoms with van der Waals surface area (Å²) in [6.45, 7) is 3.08. The normalized spacial score (nSPS) is 16.6. The highest BCUT2D eigenvalue weighted by molar-refractivity contribution is 6.16. The largest absolute Gasteiger partial charge is 0.481 e. The second-order valence-corrected chi connectivity index (χ2v) is 5.98. The maximum Gasteiger partial charge on any atom is 0.215 e. The molecule has 3 rings (SSSR count). The van der Waals surface area contributed by atoms with Crippen molar-refractivity contribution in [2.24, 2.45) is 0 Å². The first-order valence-electron chi connectivity index (χ1n) is 7.32. The fraction of sp³-hybridized carbons (Fsp3) is 0.600. The molecule has 1 aliphatic rings. The third-order valence-corrected chi connectivity index (χ3v) is 4.48. The quantitative estimate of drug-likeness (QED) is 0.770. The van der Waals surface area contributed by atoms with Gasteiger partial charge >= 0.3 is 0 Å². The van der Waals surface area contributed by atoms with E-state index in [-0.39, 0.29) is 0 Å². The molecule has 0 N–H and O–H groups in total. The number of ether oxygens (including phenoxy) is 1. The van der Waals surface area contributed by atoms with Gasteiger partial charge in [-0.15, -0.1) is 11.6 Å². The van der Waals surface area contributed by atoms with Crippen LogP contribution in [0.4, 0.5) is 0 Å². The van der Waals surface area contributed by atoms with Gasteiger partial charge in [0.1, 0.15) is 11.3 Å². The molecule has 0 aliphatic heterocycles. The highest BCUT2D eigenvalue weighted by atomic mass is 35.5. The smallest absolute Gasteiger partial charge is 0.215 e. The van der Waals surface area contributed by atoms with Crippen molar-refractivity contribution in [3.05, 3.63) is 18.0 Å². The molecule has 0 spiro atoms. The van der Waals surface area contributed by atoms with E-state index in [9.17, 15) is 0 Å². The van der Waals surface area contributed by atoms with Crippen LogP contribution in [-0.2, 0) is 12.4 Å². The van der Waals surface area contributed by atoms with Crippen LogP contribution in [0.25, 0.3) is 11.2 Å². The Bertz CT molecular complexity index is 638. The summed E-state index contributed by atoms with van der Waals surface area (Å²) in [5, 5.41) is 0. The van der Waals surface area contributed by atoms with Crippen LogP contribution in [0.5, 0.6) is 5.88 Å². The molecule has 1 unspecified atom stereocenters. The topological polar surface area (TPSA) is 43.2 Å². The van der Waals surface area contributed by atoms with E-state index in [0.717, 1.165) is 29.6 Å². The molecule has 0 saturated heterocycles. The van der Waals surface area contributed by atoms with Gasteiger partial charge < -0.3 is 9.30 Å². The first-order chi connectivity index (χ1) is 10.1. The first kappa shape index (κ1) is 14.6. The van der Waals surface area contributed by atoms with E-state index in [0.29, 0.717) is 17.8 Å². The number of hydrogen-bond acceptors (Lipinski definition) is 4. The van der Waals surface area contributed by atoms with E-state index in [4.69, 9.17) is 16.3 Å². The number of imidazole rings is 1. The minimum absolute atomic E-state index is 0.387. The molecule has 0 radical (unpaired) electrons. The molecule has 1 aliphatic carbocycles. The van der Waals surface area contributed by atoms with Crippen molar-refractivity contribution in [2.75, 3.05) is 14.2 Å². The van der Waals surface area contributed by atoms with Crippen LogP contribution in [-0.4, -0.2) is 45.7 Å². The van der Waals surface area contributed by atoms with Crippen molar-refractivity contribution in [1.82, 2.24) is 19.4 Å². The predicted molar refractivity (Wildman–Crippen MR) is 83.9 cm³/mol. The number of methoxy groups -OCH3 is 1. The van der Waals surface area contributed by atoms with Gasteiger partial charge in [0.15, 0.2) is 5.65 Å². The fourth-order valence-corrected chi connectivity index (χ4v) is 2.88. The van der Waals surface area contributed by atoms with Crippen molar-refractivity contribution in [3.63, 3.8) is 0 Å². The highest BCUT2D eigenvalue weighted by Gasteiger charge is 2.29. The van der Waals surface area contributed by atoms with Crippen molar-refractivity contribution in [3.8, 4) is 5.88 Å². The third-order valence-electron chi connectivity index (χ3n) is 4.24. The molecule has 1 fully saturated rings. The molecule has 114 valence electrons. The Morgan fingerprint density at radius 3 is 2.81 bits per heavy atom. The molecule has 21 heavy (non-hydrogen) atoms. The molecule has 5 nitrogen and oxygen atoms in total. The summed E-state index contributed by atoms with van der Waals surface area (Å²) in [5.74, 6) is 1.86. The van der Waals surface area contributed by atoms with Gasteiger partial charge in [-0.2, -0.15) is 4.98 Å². The number of aromatic nitrogens is 3. The molecule has 0 amide bonds. The van der Waals surface area contributed by atoms with Gasteiger partial charge in [0, 0.05) is 24.7 Å². The number of nitrogens with zero attached hydrogens (tertiary/aromatic N) is 4. The summed E-state index contributed by atoms with van der Waals surface area (Å²) in [4.78, 5) is 11.5. The monoisotopic (exact) mass is 308 g/mol. The summed E-state index contributed by atoms with van der Waals surface area (Å²) >= 11 is 6.06. The minimum Gasteiger partial charge on any atom is -0.481 e. The molecule has 6 heteroatoms. The van der Waals surface area contributed by atoms with Gasteiger partial charge in [0.25, 0.3) is 0 Å². The number of hydrogen-bond donors (Lipinski definition) is 0. The van der Waals surface area contributed by atoms with Crippen molar-refractivity contribution in [2.45, 2.75) is 44.3 Å². The Labute approximate surface area is 129 Å². The van der Waals surface area contributed by atoms with Crippen LogP contribution in [0.15, 0.2) is 12.1 Å². The Hall–Kier alpha value is -1.33. The number of pyridine rings is 1. The molecule has 0 bridgehead atoms. The summed E-state index contributed by atoms with van der Waals surface area (Å²) in [6, 6.07) is 4.92. The second kappa shape index (κ2) is 5.81. The van der Waals surface area contributed by atoms with Crippen LogP contribution in [0.2, 0.25) is 0 Å². The van der Waals surface area contributed by atoms with E-state index >= 15 is 0 Å². The lowest BCUT2D eigenvalue weighted by molar-refractivity contribution is 0.226. The minimum atomic E-state index is 0.387. The molecular formula is C15H21ClN4O. The lowest BCUT2D eigenvalue weighted by Crippen LogP contribution is -2.34. The number of halogens is 1. The predicted octanol–water partition coefficient (Wildman–Crippen LogP) is 2.66. The molecule has 2 aromatic rings. The molecule has 1 atom stereocenters. The molecule has 1 saturated carbocycles. The lowest BCUT2D eigenvalue weighted by atomic mass is 10.3. The lowest BCUT2D eigenvalue weighted by Gasteiger charge is -2.25. The molecule has 2 aromatic heterocycles. The van der Waals surface area contributed by atoms with Crippen LogP contribution in [0, 0.1) is 0 Å². The molecule has 2 heterocycles. The van der Waals surface area contributed by atoms with Crippen LogP contribution < -0.4 is 4.74 Å². The van der Waals surface area contributed by atoms with Gasteiger partial charge in [0.2, 0.25) is 5.88 Å². The second-order valence-electron chi connectivity index (χ2n) is 5.71. The SMILES string of the molecule is COc1ccc2nc(CCl)n(CC(C)N(C)C3CC3)c2n1. The van der Waals surface area contributed by atoms with Crippen LogP contribution in [0.1, 0.15) is 25.6 Å². The van der Waals surface area contributed by atoms with E-state index < -0.39 is 0 Å². The zero-order chi connectivity index (χ0) is 15.0. The maximum atomic E-state index is 6.06. The summed E-state index contributed by atoms with van der Waals surface area (Å²) in [6.07, 6.45) is 2.61. The fourth-order valence-electron chi connectivity index (χ4n) is 2.67. The number of rotatable bonds is 6. The van der Waals surface area contributed by atoms with E-state index in [2.05, 4.69) is 33.4 Å². The maximum absolute atomic E-state index is 6.06. The van der Waals surface area contributed by atoms with Crippen LogP contribution in [0.3, 0.4) is 0 Å². The highest BCUT2D eigenvalue weighted by Crippen LogP contribution is 2.28. The van der Waals surface area contributed by atoms with Gasteiger partial charge in [0.05, 0.1) is 13.0 Å². The number of likely N-dealkylation sites (N-methyl/N-ethyl adjacent to an activating group) is 1. The zero-order valence-corrected chi connectivity index (χ0v) is 13.5. The molecular weight excluding hydrogens is 288 g/mol. The van der Waals surface area contributed by atoms with E-state index in [1.54, 1.807) is 7.11 Å². The first-order valence-corrected chi connectivity index (χ1v) is 7.85. The van der Waals surface area contributed by atoms with E-state index in [1.165, 1.54) is 12.8 Å². The Balaban J connectivity index is 1.94. The van der Waals surface area contributed by atoms with Gasteiger partial charge in [-0.3, -0.25) is 4.90 Å². The van der Waals surface area contributed by atoms with E-state index in [1.807, 2.05) is 12.1 Å². The van der Waals surface area contributed by atoms with Crippen molar-refractivity contribution < 1.29 is 4.74 Å². The van der Waals surface area contributed by atoms with Crippen molar-refractivity contribution >= 4 is 22.8 Å². The number of fused-ring (bicyclic) bond motifs is 1. The number of alkyl halides is 1. The summed E-state index contributed by atoms with van der Waals surface area (Å²) in [7, 11) is 3.82. The summed E-state index contributed by atoms with van der Waals surface area (Å²) in [5.41, 5.74) is 1.72. The Kier molecular flexibility index (Phi) is 4.04. The standard InChI is InChI=1S/C15H21ClN4O/c1-10(19(2)11-4-5-11)9-20-13(8-16)17-12-6-7-14(21-3)18-15(12)20/h6-7,10-11H,4-5,8-9H2,1-3H3. The van der Waals surface area contributed by atoms with Crippen LogP contribution >= 0.6 is 11.6 Å². The average Bonchev–Trinajstić information content (AvgIpc) is 3.29. The summed E-state index contributed by atoms with van der Waals surface area (Å²) < 4.78 is 7.34. The third kappa shape index (κ3) is 2.85. The van der Waals surface area contributed by atoms with Gasteiger partial charge in [-0.05, 0) is 32.9 Å². The van der Waals surface area contributed by atoms with Gasteiger partial charge in [-0.25, -0.2) is 4.98 Å². The Morgan fingerprint density at radius 1 is 1.43 bits per heavy atom. The Morgan fingerprint density at radius 2 is 2.19 bits per heavy atom. The average molecular weight is 309 g/mol.